The van der Waals surface area contributed by atoms with Crippen molar-refractivity contribution in [3.8, 4) is 0 Å². The lowest BCUT2D eigenvalue weighted by atomic mass is 9.74. The minimum Gasteiger partial charge on any atom is -0.271 e. The van der Waals surface area contributed by atoms with E-state index in [-0.39, 0.29) is 0 Å². The first kappa shape index (κ1) is 13.1. The second-order valence-electron chi connectivity index (χ2n) is 5.62. The SMILES string of the molecule is CC(C)C1CCC(C(NN)c2ccsc2)CC1. The first-order valence-corrected chi connectivity index (χ1v) is 7.65. The molecule has 1 aromatic heterocycles. The van der Waals surface area contributed by atoms with Gasteiger partial charge in [-0.15, -0.1) is 0 Å². The predicted octanol–water partition coefficient (Wildman–Crippen LogP) is 3.71. The molecule has 0 spiro atoms. The molecule has 1 aliphatic rings. The van der Waals surface area contributed by atoms with E-state index in [0.29, 0.717) is 12.0 Å². The molecule has 2 rings (SSSR count). The van der Waals surface area contributed by atoms with E-state index in [9.17, 15) is 0 Å². The summed E-state index contributed by atoms with van der Waals surface area (Å²) in [6.07, 6.45) is 5.36. The molecule has 0 aromatic carbocycles. The monoisotopic (exact) mass is 252 g/mol. The highest BCUT2D eigenvalue weighted by Crippen LogP contribution is 2.39. The van der Waals surface area contributed by atoms with Gasteiger partial charge < -0.3 is 0 Å². The molecule has 1 aromatic rings. The van der Waals surface area contributed by atoms with E-state index < -0.39 is 0 Å². The van der Waals surface area contributed by atoms with Crippen LogP contribution in [-0.2, 0) is 0 Å². The van der Waals surface area contributed by atoms with Gasteiger partial charge in [-0.2, -0.15) is 11.3 Å². The summed E-state index contributed by atoms with van der Waals surface area (Å²) in [6.45, 7) is 4.70. The Balaban J connectivity index is 1.95. The smallest absolute Gasteiger partial charge is 0.0496 e. The van der Waals surface area contributed by atoms with Crippen LogP contribution in [-0.4, -0.2) is 0 Å². The quantitative estimate of drug-likeness (QED) is 0.633. The fourth-order valence-electron chi connectivity index (χ4n) is 3.10. The minimum absolute atomic E-state index is 0.356. The molecule has 3 heteroatoms. The Labute approximate surface area is 109 Å². The van der Waals surface area contributed by atoms with E-state index in [1.54, 1.807) is 11.3 Å². The van der Waals surface area contributed by atoms with Crippen LogP contribution < -0.4 is 11.3 Å². The average molecular weight is 252 g/mol. The molecule has 3 N–H and O–H groups in total. The Morgan fingerprint density at radius 3 is 2.35 bits per heavy atom. The van der Waals surface area contributed by atoms with Gasteiger partial charge in [0.1, 0.15) is 0 Å². The Bertz CT molecular complexity index is 313. The summed E-state index contributed by atoms with van der Waals surface area (Å²) < 4.78 is 0. The Morgan fingerprint density at radius 1 is 1.24 bits per heavy atom. The number of hydrogen-bond acceptors (Lipinski definition) is 3. The van der Waals surface area contributed by atoms with Gasteiger partial charge in [0.15, 0.2) is 0 Å². The second-order valence-corrected chi connectivity index (χ2v) is 6.40. The van der Waals surface area contributed by atoms with Crippen LogP contribution in [0.4, 0.5) is 0 Å². The number of hydrazine groups is 1. The molecule has 1 unspecified atom stereocenters. The van der Waals surface area contributed by atoms with Crippen LogP contribution in [0.3, 0.4) is 0 Å². The van der Waals surface area contributed by atoms with Gasteiger partial charge in [0.25, 0.3) is 0 Å². The van der Waals surface area contributed by atoms with Crippen LogP contribution in [0, 0.1) is 17.8 Å². The number of hydrogen-bond donors (Lipinski definition) is 2. The van der Waals surface area contributed by atoms with E-state index in [2.05, 4.69) is 36.1 Å². The molecule has 0 saturated heterocycles. The number of nitrogens with two attached hydrogens (primary N) is 1. The fourth-order valence-corrected chi connectivity index (χ4v) is 3.80. The van der Waals surface area contributed by atoms with Crippen molar-refractivity contribution in [3.63, 3.8) is 0 Å². The van der Waals surface area contributed by atoms with Crippen molar-refractivity contribution >= 4 is 11.3 Å². The summed E-state index contributed by atoms with van der Waals surface area (Å²) in [6, 6.07) is 2.55. The number of nitrogens with one attached hydrogen (secondary N) is 1. The first-order chi connectivity index (χ1) is 8.22. The first-order valence-electron chi connectivity index (χ1n) is 6.70. The Hall–Kier alpha value is -0.380. The minimum atomic E-state index is 0.356. The molecule has 0 aliphatic heterocycles. The summed E-state index contributed by atoms with van der Waals surface area (Å²) in [7, 11) is 0. The van der Waals surface area contributed by atoms with Crippen molar-refractivity contribution in [2.24, 2.45) is 23.6 Å². The molecule has 0 radical (unpaired) electrons. The standard InChI is InChI=1S/C14H24N2S/c1-10(2)11-3-5-12(6-4-11)14(16-15)13-7-8-17-9-13/h7-12,14,16H,3-6,15H2,1-2H3. The van der Waals surface area contributed by atoms with Gasteiger partial charge in [0.05, 0.1) is 0 Å². The molecule has 1 saturated carbocycles. The van der Waals surface area contributed by atoms with E-state index in [4.69, 9.17) is 5.84 Å². The van der Waals surface area contributed by atoms with Gasteiger partial charge in [0.2, 0.25) is 0 Å². The third kappa shape index (κ3) is 3.09. The van der Waals surface area contributed by atoms with Gasteiger partial charge >= 0.3 is 0 Å². The van der Waals surface area contributed by atoms with Gasteiger partial charge in [-0.25, -0.2) is 0 Å². The molecule has 2 nitrogen and oxygen atoms in total. The maximum Gasteiger partial charge on any atom is 0.0496 e. The molecular weight excluding hydrogens is 228 g/mol. The van der Waals surface area contributed by atoms with Crippen molar-refractivity contribution < 1.29 is 0 Å². The normalized spacial score (nSPS) is 27.3. The van der Waals surface area contributed by atoms with Crippen LogP contribution in [0.15, 0.2) is 16.8 Å². The summed E-state index contributed by atoms with van der Waals surface area (Å²) in [4.78, 5) is 0. The lowest BCUT2D eigenvalue weighted by Crippen LogP contribution is -2.35. The summed E-state index contributed by atoms with van der Waals surface area (Å²) in [5, 5.41) is 4.36. The van der Waals surface area contributed by atoms with Crippen LogP contribution in [0.1, 0.15) is 51.1 Å². The molecule has 0 amide bonds. The lowest BCUT2D eigenvalue weighted by molar-refractivity contribution is 0.189. The van der Waals surface area contributed by atoms with Gasteiger partial charge in [-0.3, -0.25) is 11.3 Å². The van der Waals surface area contributed by atoms with Crippen molar-refractivity contribution in [3.05, 3.63) is 22.4 Å². The van der Waals surface area contributed by atoms with Crippen LogP contribution in [0.25, 0.3) is 0 Å². The summed E-state index contributed by atoms with van der Waals surface area (Å²) in [5.41, 5.74) is 4.39. The van der Waals surface area contributed by atoms with Crippen molar-refractivity contribution in [1.29, 1.82) is 0 Å². The summed E-state index contributed by atoms with van der Waals surface area (Å²) >= 11 is 1.76. The van der Waals surface area contributed by atoms with E-state index in [1.165, 1.54) is 31.2 Å². The van der Waals surface area contributed by atoms with Crippen molar-refractivity contribution in [1.82, 2.24) is 5.43 Å². The zero-order valence-corrected chi connectivity index (χ0v) is 11.7. The fraction of sp³-hybridized carbons (Fsp3) is 0.714. The third-order valence-corrected chi connectivity index (χ3v) is 5.01. The largest absolute Gasteiger partial charge is 0.271 e. The molecule has 1 atom stereocenters. The Kier molecular flexibility index (Phi) is 4.60. The van der Waals surface area contributed by atoms with Gasteiger partial charge in [-0.1, -0.05) is 13.8 Å². The molecule has 96 valence electrons. The van der Waals surface area contributed by atoms with E-state index in [0.717, 1.165) is 11.8 Å². The lowest BCUT2D eigenvalue weighted by Gasteiger charge is -2.35. The molecule has 1 fully saturated rings. The maximum atomic E-state index is 5.74. The predicted molar refractivity (Wildman–Crippen MR) is 74.7 cm³/mol. The molecule has 17 heavy (non-hydrogen) atoms. The zero-order valence-electron chi connectivity index (χ0n) is 10.9. The van der Waals surface area contributed by atoms with E-state index in [1.807, 2.05) is 0 Å². The van der Waals surface area contributed by atoms with E-state index >= 15 is 0 Å². The third-order valence-electron chi connectivity index (χ3n) is 4.31. The highest BCUT2D eigenvalue weighted by atomic mass is 32.1. The van der Waals surface area contributed by atoms with Crippen molar-refractivity contribution in [2.75, 3.05) is 0 Å². The van der Waals surface area contributed by atoms with Crippen LogP contribution in [0.5, 0.6) is 0 Å². The Morgan fingerprint density at radius 2 is 1.88 bits per heavy atom. The van der Waals surface area contributed by atoms with Crippen molar-refractivity contribution in [2.45, 2.75) is 45.6 Å². The average Bonchev–Trinajstić information content (AvgIpc) is 2.84. The summed E-state index contributed by atoms with van der Waals surface area (Å²) in [5.74, 6) is 8.21. The maximum absolute atomic E-state index is 5.74. The van der Waals surface area contributed by atoms with Crippen LogP contribution in [0.2, 0.25) is 0 Å². The van der Waals surface area contributed by atoms with Crippen LogP contribution >= 0.6 is 11.3 Å². The van der Waals surface area contributed by atoms with Gasteiger partial charge in [0, 0.05) is 6.04 Å². The molecule has 1 aliphatic carbocycles. The molecule has 0 bridgehead atoms. The highest BCUT2D eigenvalue weighted by molar-refractivity contribution is 7.07. The number of thiophene rings is 1. The molecule has 1 heterocycles. The molecular formula is C14H24N2S. The topological polar surface area (TPSA) is 38.0 Å². The highest BCUT2D eigenvalue weighted by Gasteiger charge is 2.29. The zero-order chi connectivity index (χ0) is 12.3. The number of rotatable bonds is 4. The second kappa shape index (κ2) is 5.98. The van der Waals surface area contributed by atoms with Gasteiger partial charge in [-0.05, 0) is 65.8 Å².